The third-order valence-electron chi connectivity index (χ3n) is 2.01. The highest BCUT2D eigenvalue weighted by Crippen LogP contribution is 2.26. The Morgan fingerprint density at radius 1 is 1.77 bits per heavy atom. The minimum Gasteiger partial charge on any atom is -0.481 e. The summed E-state index contributed by atoms with van der Waals surface area (Å²) in [6.45, 7) is 3.62. The molecule has 1 saturated heterocycles. The van der Waals surface area contributed by atoms with E-state index in [0.717, 1.165) is 26.1 Å². The molecule has 0 amide bonds. The summed E-state index contributed by atoms with van der Waals surface area (Å²) >= 11 is 1.74. The molecule has 2 unspecified atom stereocenters. The fourth-order valence-electron chi connectivity index (χ4n) is 1.44. The van der Waals surface area contributed by atoms with Crippen molar-refractivity contribution < 1.29 is 14.6 Å². The monoisotopic (exact) mass is 204 g/mol. The van der Waals surface area contributed by atoms with Crippen LogP contribution in [0.15, 0.2) is 0 Å². The summed E-state index contributed by atoms with van der Waals surface area (Å²) in [6.07, 6.45) is 2.52. The Kier molecular flexibility index (Phi) is 4.59. The Morgan fingerprint density at radius 3 is 3.08 bits per heavy atom. The fraction of sp³-hybridized carbons (Fsp3) is 0.889. The first kappa shape index (κ1) is 10.9. The molecule has 0 aromatic heterocycles. The molecule has 0 spiro atoms. The largest absolute Gasteiger partial charge is 0.481 e. The van der Waals surface area contributed by atoms with Crippen molar-refractivity contribution in [2.24, 2.45) is 0 Å². The third-order valence-corrected chi connectivity index (χ3v) is 3.39. The Labute approximate surface area is 82.8 Å². The molecule has 3 nitrogen and oxygen atoms in total. The van der Waals surface area contributed by atoms with Crippen LogP contribution < -0.4 is 0 Å². The van der Waals surface area contributed by atoms with Crippen molar-refractivity contribution in [1.82, 2.24) is 0 Å². The second-order valence-corrected chi connectivity index (χ2v) is 5.13. The molecule has 1 aliphatic rings. The van der Waals surface area contributed by atoms with Gasteiger partial charge >= 0.3 is 5.97 Å². The summed E-state index contributed by atoms with van der Waals surface area (Å²) in [7, 11) is 0. The van der Waals surface area contributed by atoms with Crippen molar-refractivity contribution >= 4 is 17.7 Å². The summed E-state index contributed by atoms with van der Waals surface area (Å²) in [5.74, 6) is -0.711. The van der Waals surface area contributed by atoms with E-state index in [0.29, 0.717) is 5.25 Å². The summed E-state index contributed by atoms with van der Waals surface area (Å²) in [4.78, 5) is 10.4. The summed E-state index contributed by atoms with van der Waals surface area (Å²) in [6, 6.07) is 0. The number of carboxylic acids is 1. The van der Waals surface area contributed by atoms with Gasteiger partial charge in [0.1, 0.15) is 0 Å². The predicted octanol–water partition coefficient (Wildman–Crippen LogP) is 1.76. The molecule has 0 aliphatic carbocycles. The van der Waals surface area contributed by atoms with E-state index in [9.17, 15) is 4.79 Å². The SMILES string of the molecule is CC(CC(=O)O)SC1CCCOC1. The Bertz CT molecular complexity index is 166. The van der Waals surface area contributed by atoms with E-state index in [-0.39, 0.29) is 11.7 Å². The zero-order valence-corrected chi connectivity index (χ0v) is 8.68. The van der Waals surface area contributed by atoms with Crippen molar-refractivity contribution in [3.63, 3.8) is 0 Å². The fourth-order valence-corrected chi connectivity index (χ4v) is 2.81. The van der Waals surface area contributed by atoms with Crippen LogP contribution in [0.1, 0.15) is 26.2 Å². The van der Waals surface area contributed by atoms with Crippen LogP contribution in [0.3, 0.4) is 0 Å². The molecule has 1 heterocycles. The van der Waals surface area contributed by atoms with Crippen molar-refractivity contribution in [3.05, 3.63) is 0 Å². The van der Waals surface area contributed by atoms with Crippen molar-refractivity contribution in [3.8, 4) is 0 Å². The van der Waals surface area contributed by atoms with Crippen LogP contribution in [0.25, 0.3) is 0 Å². The number of carboxylic acid groups (broad SMARTS) is 1. The van der Waals surface area contributed by atoms with E-state index >= 15 is 0 Å². The topological polar surface area (TPSA) is 46.5 Å². The highest BCUT2D eigenvalue weighted by molar-refractivity contribution is 8.00. The predicted molar refractivity (Wildman–Crippen MR) is 53.1 cm³/mol. The highest BCUT2D eigenvalue weighted by atomic mass is 32.2. The lowest BCUT2D eigenvalue weighted by Gasteiger charge is -2.23. The van der Waals surface area contributed by atoms with Crippen LogP contribution in [0.5, 0.6) is 0 Å². The third kappa shape index (κ3) is 4.52. The Morgan fingerprint density at radius 2 is 2.54 bits per heavy atom. The lowest BCUT2D eigenvalue weighted by Crippen LogP contribution is -2.22. The molecule has 0 radical (unpaired) electrons. The van der Waals surface area contributed by atoms with Gasteiger partial charge in [0.15, 0.2) is 0 Å². The van der Waals surface area contributed by atoms with Gasteiger partial charge in [0, 0.05) is 17.1 Å². The van der Waals surface area contributed by atoms with E-state index in [1.807, 2.05) is 6.92 Å². The lowest BCUT2D eigenvalue weighted by atomic mass is 10.2. The van der Waals surface area contributed by atoms with Crippen LogP contribution >= 0.6 is 11.8 Å². The number of hydrogen-bond donors (Lipinski definition) is 1. The van der Waals surface area contributed by atoms with E-state index in [4.69, 9.17) is 9.84 Å². The maximum Gasteiger partial charge on any atom is 0.304 e. The van der Waals surface area contributed by atoms with Crippen molar-refractivity contribution in [2.75, 3.05) is 13.2 Å². The first-order valence-corrected chi connectivity index (χ1v) is 5.57. The van der Waals surface area contributed by atoms with Gasteiger partial charge in [-0.25, -0.2) is 0 Å². The summed E-state index contributed by atoms with van der Waals surface area (Å²) in [5, 5.41) is 9.27. The quantitative estimate of drug-likeness (QED) is 0.758. The molecule has 4 heteroatoms. The molecule has 0 aromatic carbocycles. The highest BCUT2D eigenvalue weighted by Gasteiger charge is 2.18. The molecule has 0 bridgehead atoms. The van der Waals surface area contributed by atoms with Crippen LogP contribution in [0, 0.1) is 0 Å². The summed E-state index contributed by atoms with van der Waals surface area (Å²) in [5.41, 5.74) is 0. The number of hydrogen-bond acceptors (Lipinski definition) is 3. The van der Waals surface area contributed by atoms with Crippen molar-refractivity contribution in [2.45, 2.75) is 36.7 Å². The number of ether oxygens (including phenoxy) is 1. The number of carbonyl (C=O) groups is 1. The van der Waals surface area contributed by atoms with Gasteiger partial charge in [-0.3, -0.25) is 4.79 Å². The molecular weight excluding hydrogens is 188 g/mol. The van der Waals surface area contributed by atoms with E-state index in [2.05, 4.69) is 0 Å². The number of rotatable bonds is 4. The Hall–Kier alpha value is -0.220. The van der Waals surface area contributed by atoms with Gasteiger partial charge in [0.05, 0.1) is 13.0 Å². The molecule has 1 rings (SSSR count). The molecule has 13 heavy (non-hydrogen) atoms. The van der Waals surface area contributed by atoms with Crippen molar-refractivity contribution in [1.29, 1.82) is 0 Å². The van der Waals surface area contributed by atoms with Gasteiger partial charge in [-0.1, -0.05) is 6.92 Å². The minimum absolute atomic E-state index is 0.198. The molecule has 2 atom stereocenters. The number of thioether (sulfide) groups is 1. The first-order chi connectivity index (χ1) is 6.18. The van der Waals surface area contributed by atoms with Crippen LogP contribution in [-0.2, 0) is 9.53 Å². The molecular formula is C9H16O3S. The Balaban J connectivity index is 2.18. The van der Waals surface area contributed by atoms with E-state index < -0.39 is 5.97 Å². The maximum atomic E-state index is 10.4. The van der Waals surface area contributed by atoms with Gasteiger partial charge < -0.3 is 9.84 Å². The van der Waals surface area contributed by atoms with E-state index in [1.165, 1.54) is 0 Å². The average Bonchev–Trinajstić information content (AvgIpc) is 2.04. The maximum absolute atomic E-state index is 10.4. The average molecular weight is 204 g/mol. The van der Waals surface area contributed by atoms with E-state index in [1.54, 1.807) is 11.8 Å². The second kappa shape index (κ2) is 5.50. The lowest BCUT2D eigenvalue weighted by molar-refractivity contribution is -0.136. The molecule has 0 aromatic rings. The van der Waals surface area contributed by atoms with Crippen LogP contribution in [0.2, 0.25) is 0 Å². The van der Waals surface area contributed by atoms with Gasteiger partial charge in [-0.15, -0.1) is 0 Å². The summed E-state index contributed by atoms with van der Waals surface area (Å²) < 4.78 is 5.32. The standard InChI is InChI=1S/C9H16O3S/c1-7(5-9(10)11)13-8-3-2-4-12-6-8/h7-8H,2-6H2,1H3,(H,10,11). The van der Waals surface area contributed by atoms with Gasteiger partial charge in [-0.2, -0.15) is 11.8 Å². The first-order valence-electron chi connectivity index (χ1n) is 4.63. The normalized spacial score (nSPS) is 25.5. The number of aliphatic carboxylic acids is 1. The van der Waals surface area contributed by atoms with Crippen LogP contribution in [0.4, 0.5) is 0 Å². The molecule has 0 saturated carbocycles. The van der Waals surface area contributed by atoms with Gasteiger partial charge in [-0.05, 0) is 12.8 Å². The smallest absolute Gasteiger partial charge is 0.304 e. The minimum atomic E-state index is -0.711. The zero-order chi connectivity index (χ0) is 9.68. The van der Waals surface area contributed by atoms with Gasteiger partial charge in [0.25, 0.3) is 0 Å². The molecule has 1 N–H and O–H groups in total. The molecule has 1 aliphatic heterocycles. The molecule has 1 fully saturated rings. The zero-order valence-electron chi connectivity index (χ0n) is 7.86. The second-order valence-electron chi connectivity index (χ2n) is 3.38. The van der Waals surface area contributed by atoms with Gasteiger partial charge in [0.2, 0.25) is 0 Å². The molecule has 76 valence electrons. The van der Waals surface area contributed by atoms with Crippen LogP contribution in [-0.4, -0.2) is 34.8 Å².